The molecule has 2 rings (SSSR count). The van der Waals surface area contributed by atoms with E-state index in [1.165, 1.54) is 6.07 Å². The third-order valence-corrected chi connectivity index (χ3v) is 3.45. The minimum atomic E-state index is -0.927. The normalized spacial score (nSPS) is 10.4. The zero-order valence-electron chi connectivity index (χ0n) is 11.2. The van der Waals surface area contributed by atoms with E-state index in [9.17, 15) is 13.6 Å². The standard InChI is InChI=1S/C13H13F2N3O2S/c1-2-20-13(19)10-11(16)18-21-12(10)17-6-7-3-4-8(14)9(15)5-7/h3-5,17H,2,6H2,1H3,(H2,16,18). The van der Waals surface area contributed by atoms with E-state index < -0.39 is 17.6 Å². The number of rotatable bonds is 5. The van der Waals surface area contributed by atoms with Crippen LogP contribution in [0, 0.1) is 11.6 Å². The number of hydrogen-bond donors (Lipinski definition) is 2. The molecule has 0 spiro atoms. The highest BCUT2D eigenvalue weighted by Gasteiger charge is 2.20. The molecule has 112 valence electrons. The van der Waals surface area contributed by atoms with Crippen LogP contribution in [-0.4, -0.2) is 16.9 Å². The number of carbonyl (C=O) groups excluding carboxylic acids is 1. The van der Waals surface area contributed by atoms with E-state index in [0.717, 1.165) is 23.7 Å². The highest BCUT2D eigenvalue weighted by Crippen LogP contribution is 2.28. The molecule has 1 aromatic heterocycles. The lowest BCUT2D eigenvalue weighted by Crippen LogP contribution is -2.10. The van der Waals surface area contributed by atoms with Crippen LogP contribution < -0.4 is 11.1 Å². The zero-order valence-corrected chi connectivity index (χ0v) is 12.0. The predicted molar refractivity (Wildman–Crippen MR) is 76.2 cm³/mol. The Morgan fingerprint density at radius 1 is 1.43 bits per heavy atom. The largest absolute Gasteiger partial charge is 0.462 e. The number of nitrogens with zero attached hydrogens (tertiary/aromatic N) is 1. The van der Waals surface area contributed by atoms with E-state index >= 15 is 0 Å². The number of esters is 1. The Balaban J connectivity index is 2.13. The van der Waals surface area contributed by atoms with Crippen molar-refractivity contribution in [2.45, 2.75) is 13.5 Å². The number of nitrogens with one attached hydrogen (secondary N) is 1. The van der Waals surface area contributed by atoms with Gasteiger partial charge in [-0.15, -0.1) is 0 Å². The topological polar surface area (TPSA) is 77.2 Å². The van der Waals surface area contributed by atoms with Crippen molar-refractivity contribution in [2.75, 3.05) is 17.7 Å². The number of ether oxygens (including phenoxy) is 1. The van der Waals surface area contributed by atoms with Crippen molar-refractivity contribution in [2.24, 2.45) is 0 Å². The summed E-state index contributed by atoms with van der Waals surface area (Å²) in [6.45, 7) is 2.10. The highest BCUT2D eigenvalue weighted by molar-refractivity contribution is 7.11. The molecule has 0 atom stereocenters. The van der Waals surface area contributed by atoms with Crippen molar-refractivity contribution >= 4 is 28.3 Å². The molecule has 1 heterocycles. The van der Waals surface area contributed by atoms with Gasteiger partial charge in [0.2, 0.25) is 0 Å². The second-order valence-electron chi connectivity index (χ2n) is 4.09. The van der Waals surface area contributed by atoms with Crippen LogP contribution in [0.3, 0.4) is 0 Å². The number of hydrogen-bond acceptors (Lipinski definition) is 6. The van der Waals surface area contributed by atoms with Gasteiger partial charge in [0.05, 0.1) is 6.61 Å². The molecule has 0 saturated heterocycles. The fourth-order valence-electron chi connectivity index (χ4n) is 1.66. The fourth-order valence-corrected chi connectivity index (χ4v) is 2.35. The summed E-state index contributed by atoms with van der Waals surface area (Å²) in [5.74, 6) is -2.33. The molecule has 3 N–H and O–H groups in total. The summed E-state index contributed by atoms with van der Waals surface area (Å²) in [4.78, 5) is 11.8. The quantitative estimate of drug-likeness (QED) is 0.830. The van der Waals surface area contributed by atoms with Gasteiger partial charge >= 0.3 is 5.97 Å². The molecule has 0 unspecified atom stereocenters. The molecular weight excluding hydrogens is 300 g/mol. The van der Waals surface area contributed by atoms with Gasteiger partial charge in [0, 0.05) is 6.54 Å². The maximum atomic E-state index is 13.1. The number of nitrogens with two attached hydrogens (primary N) is 1. The van der Waals surface area contributed by atoms with E-state index in [-0.39, 0.29) is 24.5 Å². The lowest BCUT2D eigenvalue weighted by atomic mass is 10.2. The van der Waals surface area contributed by atoms with Crippen molar-refractivity contribution in [1.29, 1.82) is 0 Å². The van der Waals surface area contributed by atoms with Crippen LogP contribution >= 0.6 is 11.5 Å². The Labute approximate surface area is 123 Å². The minimum Gasteiger partial charge on any atom is -0.462 e. The third-order valence-electron chi connectivity index (χ3n) is 2.64. The monoisotopic (exact) mass is 313 g/mol. The van der Waals surface area contributed by atoms with Crippen molar-refractivity contribution < 1.29 is 18.3 Å². The van der Waals surface area contributed by atoms with Gasteiger partial charge < -0.3 is 15.8 Å². The van der Waals surface area contributed by atoms with Crippen LogP contribution in [0.4, 0.5) is 19.6 Å². The van der Waals surface area contributed by atoms with Gasteiger partial charge in [-0.3, -0.25) is 0 Å². The summed E-state index contributed by atoms with van der Waals surface area (Å²) >= 11 is 1.00. The molecule has 5 nitrogen and oxygen atoms in total. The molecule has 0 bridgehead atoms. The van der Waals surface area contributed by atoms with Gasteiger partial charge in [0.15, 0.2) is 17.5 Å². The number of benzene rings is 1. The molecule has 0 fully saturated rings. The molecule has 0 amide bonds. The van der Waals surface area contributed by atoms with Crippen LogP contribution in [0.5, 0.6) is 0 Å². The molecular formula is C13H13F2N3O2S. The van der Waals surface area contributed by atoms with E-state index in [4.69, 9.17) is 10.5 Å². The Bertz CT molecular complexity index is 661. The summed E-state index contributed by atoms with van der Waals surface area (Å²) in [6, 6.07) is 3.57. The summed E-state index contributed by atoms with van der Waals surface area (Å²) in [6.07, 6.45) is 0. The lowest BCUT2D eigenvalue weighted by Gasteiger charge is -2.07. The maximum absolute atomic E-state index is 13.1. The molecule has 0 aliphatic rings. The molecule has 0 aliphatic heterocycles. The second-order valence-corrected chi connectivity index (χ2v) is 4.87. The molecule has 8 heteroatoms. The maximum Gasteiger partial charge on any atom is 0.344 e. The predicted octanol–water partition coefficient (Wildman–Crippen LogP) is 2.79. The Morgan fingerprint density at radius 2 is 2.19 bits per heavy atom. The first-order valence-corrected chi connectivity index (χ1v) is 6.90. The zero-order chi connectivity index (χ0) is 15.4. The SMILES string of the molecule is CCOC(=O)c1c(N)nsc1NCc1ccc(F)c(F)c1. The van der Waals surface area contributed by atoms with Crippen molar-refractivity contribution in [3.63, 3.8) is 0 Å². The number of carbonyl (C=O) groups is 1. The van der Waals surface area contributed by atoms with E-state index in [1.54, 1.807) is 6.92 Å². The molecule has 21 heavy (non-hydrogen) atoms. The third kappa shape index (κ3) is 3.46. The second kappa shape index (κ2) is 6.49. The molecule has 0 radical (unpaired) electrons. The number of anilines is 2. The van der Waals surface area contributed by atoms with Crippen molar-refractivity contribution in [3.05, 3.63) is 41.0 Å². The van der Waals surface area contributed by atoms with Gasteiger partial charge in [-0.1, -0.05) is 6.07 Å². The van der Waals surface area contributed by atoms with Crippen molar-refractivity contribution in [3.8, 4) is 0 Å². The first-order valence-electron chi connectivity index (χ1n) is 6.13. The lowest BCUT2D eigenvalue weighted by molar-refractivity contribution is 0.0529. The molecule has 0 aliphatic carbocycles. The van der Waals surface area contributed by atoms with Crippen LogP contribution in [0.2, 0.25) is 0 Å². The van der Waals surface area contributed by atoms with E-state index in [1.807, 2.05) is 0 Å². The van der Waals surface area contributed by atoms with Crippen LogP contribution in [0.15, 0.2) is 18.2 Å². The van der Waals surface area contributed by atoms with Gasteiger partial charge in [0.25, 0.3) is 0 Å². The summed E-state index contributed by atoms with van der Waals surface area (Å²) in [7, 11) is 0. The minimum absolute atomic E-state index is 0.0752. The smallest absolute Gasteiger partial charge is 0.344 e. The fraction of sp³-hybridized carbons (Fsp3) is 0.231. The molecule has 0 saturated carbocycles. The average molecular weight is 313 g/mol. The molecule has 2 aromatic rings. The average Bonchev–Trinajstić information content (AvgIpc) is 2.81. The first kappa shape index (κ1) is 15.2. The number of nitrogen functional groups attached to an aromatic ring is 1. The van der Waals surface area contributed by atoms with Crippen LogP contribution in [0.1, 0.15) is 22.8 Å². The van der Waals surface area contributed by atoms with Crippen molar-refractivity contribution in [1.82, 2.24) is 4.37 Å². The van der Waals surface area contributed by atoms with Gasteiger partial charge in [-0.05, 0) is 36.2 Å². The van der Waals surface area contributed by atoms with Gasteiger partial charge in [-0.25, -0.2) is 13.6 Å². The van der Waals surface area contributed by atoms with E-state index in [2.05, 4.69) is 9.69 Å². The first-order chi connectivity index (χ1) is 10.0. The molecule has 1 aromatic carbocycles. The van der Waals surface area contributed by atoms with Gasteiger partial charge in [0.1, 0.15) is 10.6 Å². The number of halogens is 2. The summed E-state index contributed by atoms with van der Waals surface area (Å²) < 4.78 is 34.7. The Morgan fingerprint density at radius 3 is 2.86 bits per heavy atom. The Hall–Kier alpha value is -2.22. The summed E-state index contributed by atoms with van der Waals surface area (Å²) in [5.41, 5.74) is 6.32. The summed E-state index contributed by atoms with van der Waals surface area (Å²) in [5, 5.41) is 3.35. The Kier molecular flexibility index (Phi) is 4.69. The van der Waals surface area contributed by atoms with E-state index in [0.29, 0.717) is 10.6 Å². The number of aromatic nitrogens is 1. The van der Waals surface area contributed by atoms with Crippen LogP contribution in [0.25, 0.3) is 0 Å². The van der Waals surface area contributed by atoms with Crippen LogP contribution in [-0.2, 0) is 11.3 Å². The highest BCUT2D eigenvalue weighted by atomic mass is 32.1. The van der Waals surface area contributed by atoms with Gasteiger partial charge in [-0.2, -0.15) is 4.37 Å².